The van der Waals surface area contributed by atoms with Crippen molar-refractivity contribution in [1.29, 1.82) is 0 Å². The Morgan fingerprint density at radius 1 is 1.00 bits per heavy atom. The van der Waals surface area contributed by atoms with Crippen LogP contribution >= 0.6 is 0 Å². The SMILES string of the molecule is C=CN1CCCc2c(c3cc(-c4ccncc4)ccc3n2CCc2cccnc2)C1. The highest BCUT2D eigenvalue weighted by Gasteiger charge is 2.21. The van der Waals surface area contributed by atoms with Crippen LogP contribution < -0.4 is 0 Å². The fourth-order valence-electron chi connectivity index (χ4n) is 4.59. The minimum absolute atomic E-state index is 0.926. The van der Waals surface area contributed by atoms with E-state index in [9.17, 15) is 0 Å². The van der Waals surface area contributed by atoms with E-state index in [0.29, 0.717) is 0 Å². The van der Waals surface area contributed by atoms with Crippen LogP contribution in [0.25, 0.3) is 22.0 Å². The molecule has 0 amide bonds. The molecule has 1 aromatic carbocycles. The molecule has 0 bridgehead atoms. The van der Waals surface area contributed by atoms with E-state index < -0.39 is 0 Å². The van der Waals surface area contributed by atoms with Crippen molar-refractivity contribution >= 4 is 10.9 Å². The third-order valence-corrected chi connectivity index (χ3v) is 6.13. The van der Waals surface area contributed by atoms with E-state index in [0.717, 1.165) is 38.9 Å². The Labute approximate surface area is 177 Å². The summed E-state index contributed by atoms with van der Waals surface area (Å²) in [5, 5.41) is 1.36. The molecule has 150 valence electrons. The molecular formula is C26H26N4. The van der Waals surface area contributed by atoms with Crippen LogP contribution in [0.1, 0.15) is 23.2 Å². The summed E-state index contributed by atoms with van der Waals surface area (Å²) >= 11 is 0. The Morgan fingerprint density at radius 2 is 1.90 bits per heavy atom. The highest BCUT2D eigenvalue weighted by molar-refractivity contribution is 5.90. The monoisotopic (exact) mass is 394 g/mol. The molecule has 0 radical (unpaired) electrons. The Hall–Kier alpha value is -3.40. The lowest BCUT2D eigenvalue weighted by Crippen LogP contribution is -2.15. The summed E-state index contributed by atoms with van der Waals surface area (Å²) in [5.74, 6) is 0. The summed E-state index contributed by atoms with van der Waals surface area (Å²) in [6.45, 7) is 6.99. The Morgan fingerprint density at radius 3 is 2.70 bits per heavy atom. The maximum absolute atomic E-state index is 4.28. The summed E-state index contributed by atoms with van der Waals surface area (Å²) in [7, 11) is 0. The molecule has 30 heavy (non-hydrogen) atoms. The molecule has 1 aliphatic heterocycles. The topological polar surface area (TPSA) is 34.0 Å². The van der Waals surface area contributed by atoms with Gasteiger partial charge in [-0.25, -0.2) is 0 Å². The zero-order valence-electron chi connectivity index (χ0n) is 17.2. The zero-order valence-corrected chi connectivity index (χ0v) is 17.2. The van der Waals surface area contributed by atoms with E-state index in [1.165, 1.54) is 38.9 Å². The van der Waals surface area contributed by atoms with Crippen molar-refractivity contribution in [3.8, 4) is 11.1 Å². The minimum atomic E-state index is 0.926. The van der Waals surface area contributed by atoms with Crippen LogP contribution in [0.2, 0.25) is 0 Å². The molecule has 0 atom stereocenters. The van der Waals surface area contributed by atoms with Gasteiger partial charge in [-0.2, -0.15) is 0 Å². The van der Waals surface area contributed by atoms with E-state index in [1.807, 2.05) is 37.1 Å². The number of aryl methyl sites for hydroxylation is 2. The Kier molecular flexibility index (Phi) is 5.06. The largest absolute Gasteiger partial charge is 0.374 e. The number of hydrogen-bond acceptors (Lipinski definition) is 3. The second-order valence-corrected chi connectivity index (χ2v) is 7.91. The van der Waals surface area contributed by atoms with Gasteiger partial charge in [0.1, 0.15) is 0 Å². The van der Waals surface area contributed by atoms with Gasteiger partial charge in [0.05, 0.1) is 0 Å². The second kappa shape index (κ2) is 8.15. The van der Waals surface area contributed by atoms with Crippen molar-refractivity contribution in [3.05, 3.63) is 96.9 Å². The Balaban J connectivity index is 1.61. The molecule has 4 heteroatoms. The van der Waals surface area contributed by atoms with Crippen LogP contribution in [-0.4, -0.2) is 26.0 Å². The van der Waals surface area contributed by atoms with Gasteiger partial charge >= 0.3 is 0 Å². The van der Waals surface area contributed by atoms with Crippen molar-refractivity contribution in [2.24, 2.45) is 0 Å². The van der Waals surface area contributed by atoms with Crippen molar-refractivity contribution in [1.82, 2.24) is 19.4 Å². The van der Waals surface area contributed by atoms with E-state index in [4.69, 9.17) is 0 Å². The summed E-state index contributed by atoms with van der Waals surface area (Å²) < 4.78 is 2.54. The molecule has 4 aromatic rings. The smallest absolute Gasteiger partial charge is 0.0486 e. The molecule has 0 unspecified atom stereocenters. The van der Waals surface area contributed by atoms with Gasteiger partial charge in [-0.05, 0) is 72.5 Å². The van der Waals surface area contributed by atoms with Crippen LogP contribution in [0.15, 0.2) is 80.0 Å². The lowest BCUT2D eigenvalue weighted by Gasteiger charge is -2.16. The van der Waals surface area contributed by atoms with E-state index in [-0.39, 0.29) is 0 Å². The van der Waals surface area contributed by atoms with Gasteiger partial charge in [0.25, 0.3) is 0 Å². The maximum Gasteiger partial charge on any atom is 0.0486 e. The first kappa shape index (κ1) is 18.6. The number of pyridine rings is 2. The predicted molar refractivity (Wildman–Crippen MR) is 122 cm³/mol. The molecule has 0 N–H and O–H groups in total. The molecule has 4 heterocycles. The summed E-state index contributed by atoms with van der Waals surface area (Å²) in [4.78, 5) is 10.8. The normalized spacial score (nSPS) is 13.8. The number of rotatable bonds is 5. The van der Waals surface area contributed by atoms with Crippen molar-refractivity contribution in [2.75, 3.05) is 6.54 Å². The highest BCUT2D eigenvalue weighted by atomic mass is 15.1. The van der Waals surface area contributed by atoms with Crippen LogP contribution in [0.3, 0.4) is 0 Å². The average Bonchev–Trinajstić information content (AvgIpc) is 2.95. The second-order valence-electron chi connectivity index (χ2n) is 7.91. The average molecular weight is 395 g/mol. The zero-order chi connectivity index (χ0) is 20.3. The maximum atomic E-state index is 4.28. The lowest BCUT2D eigenvalue weighted by molar-refractivity contribution is 0.376. The first-order valence-electron chi connectivity index (χ1n) is 10.6. The van der Waals surface area contributed by atoms with Crippen LogP contribution in [0, 0.1) is 0 Å². The first-order chi connectivity index (χ1) is 14.8. The van der Waals surface area contributed by atoms with E-state index >= 15 is 0 Å². The van der Waals surface area contributed by atoms with Gasteiger partial charge in [-0.3, -0.25) is 9.97 Å². The van der Waals surface area contributed by atoms with Gasteiger partial charge in [-0.15, -0.1) is 0 Å². The predicted octanol–water partition coefficient (Wildman–Crippen LogP) is 5.23. The van der Waals surface area contributed by atoms with E-state index in [1.54, 1.807) is 0 Å². The molecule has 0 fully saturated rings. The minimum Gasteiger partial charge on any atom is -0.374 e. The molecule has 0 saturated heterocycles. The number of hydrogen-bond donors (Lipinski definition) is 0. The van der Waals surface area contributed by atoms with Gasteiger partial charge in [0.15, 0.2) is 0 Å². The van der Waals surface area contributed by atoms with Crippen molar-refractivity contribution in [3.63, 3.8) is 0 Å². The first-order valence-corrected chi connectivity index (χ1v) is 10.6. The van der Waals surface area contributed by atoms with Gasteiger partial charge in [0.2, 0.25) is 0 Å². The molecule has 5 rings (SSSR count). The number of benzene rings is 1. The van der Waals surface area contributed by atoms with E-state index in [2.05, 4.69) is 62.4 Å². The lowest BCUT2D eigenvalue weighted by atomic mass is 10.0. The molecule has 0 aliphatic carbocycles. The number of fused-ring (bicyclic) bond motifs is 3. The fraction of sp³-hybridized carbons (Fsp3) is 0.231. The van der Waals surface area contributed by atoms with Gasteiger partial charge < -0.3 is 9.47 Å². The molecule has 0 spiro atoms. The molecule has 3 aromatic heterocycles. The van der Waals surface area contributed by atoms with Crippen molar-refractivity contribution < 1.29 is 0 Å². The van der Waals surface area contributed by atoms with Crippen LogP contribution in [0.5, 0.6) is 0 Å². The molecule has 4 nitrogen and oxygen atoms in total. The summed E-state index contributed by atoms with van der Waals surface area (Å²) in [5.41, 5.74) is 7.98. The van der Waals surface area contributed by atoms with Crippen LogP contribution in [-0.2, 0) is 25.9 Å². The van der Waals surface area contributed by atoms with Crippen LogP contribution in [0.4, 0.5) is 0 Å². The number of nitrogens with zero attached hydrogens (tertiary/aromatic N) is 4. The third-order valence-electron chi connectivity index (χ3n) is 6.13. The fourth-order valence-corrected chi connectivity index (χ4v) is 4.59. The number of aromatic nitrogens is 3. The molecular weight excluding hydrogens is 368 g/mol. The Bertz CT molecular complexity index is 1160. The standard InChI is InChI=1S/C26H26N4/c1-2-29-15-4-6-25-24(19-29)23-17-22(21-9-13-27-14-10-21)7-8-26(23)30(25)16-11-20-5-3-12-28-18-20/h2-3,5,7-10,12-14,17-18H,1,4,6,11,15-16,19H2. The highest BCUT2D eigenvalue weighted by Crippen LogP contribution is 2.34. The molecule has 0 saturated carbocycles. The molecule has 1 aliphatic rings. The van der Waals surface area contributed by atoms with Gasteiger partial charge in [0, 0.05) is 66.6 Å². The third kappa shape index (κ3) is 3.50. The quantitative estimate of drug-likeness (QED) is 0.465. The van der Waals surface area contributed by atoms with Gasteiger partial charge in [-0.1, -0.05) is 18.7 Å². The summed E-state index contributed by atoms with van der Waals surface area (Å²) in [6, 6.07) is 15.2. The summed E-state index contributed by atoms with van der Waals surface area (Å²) in [6.07, 6.45) is 12.8. The van der Waals surface area contributed by atoms with Crippen molar-refractivity contribution in [2.45, 2.75) is 32.4 Å².